The molecule has 8 nitrogen and oxygen atoms in total. The molecule has 0 aliphatic carbocycles. The standard InChI is InChI=1S/C29H52N2O6/c1-24(29(36)37)30-28(35)25-20-22-31(23-21-25)26(32)18-16-14-12-10-8-6-4-2-3-5-7-9-11-13-15-17-19-27(33)34/h24-25H,2-23H2,1H3,(H,30,35)(H,33,34)(H,36,37). The van der Waals surface area contributed by atoms with Crippen LogP contribution in [0.3, 0.4) is 0 Å². The van der Waals surface area contributed by atoms with Gasteiger partial charge in [-0.05, 0) is 32.6 Å². The number of likely N-dealkylation sites (tertiary alicyclic amines) is 1. The molecule has 1 rings (SSSR count). The van der Waals surface area contributed by atoms with E-state index in [1.807, 2.05) is 4.90 Å². The number of nitrogens with zero attached hydrogens (tertiary/aromatic N) is 1. The normalized spacial score (nSPS) is 14.9. The van der Waals surface area contributed by atoms with E-state index in [-0.39, 0.29) is 17.7 Å². The highest BCUT2D eigenvalue weighted by atomic mass is 16.4. The van der Waals surface area contributed by atoms with Crippen LogP contribution in [0.2, 0.25) is 0 Å². The van der Waals surface area contributed by atoms with Crippen LogP contribution >= 0.6 is 0 Å². The largest absolute Gasteiger partial charge is 0.481 e. The highest BCUT2D eigenvalue weighted by Crippen LogP contribution is 2.19. The van der Waals surface area contributed by atoms with Gasteiger partial charge in [-0.15, -0.1) is 0 Å². The van der Waals surface area contributed by atoms with E-state index in [9.17, 15) is 19.2 Å². The van der Waals surface area contributed by atoms with Gasteiger partial charge in [0.15, 0.2) is 0 Å². The molecule has 0 aromatic carbocycles. The zero-order chi connectivity index (χ0) is 27.3. The van der Waals surface area contributed by atoms with Gasteiger partial charge in [0, 0.05) is 31.8 Å². The molecule has 0 radical (unpaired) electrons. The second-order valence-corrected chi connectivity index (χ2v) is 10.8. The van der Waals surface area contributed by atoms with E-state index in [4.69, 9.17) is 10.2 Å². The zero-order valence-corrected chi connectivity index (χ0v) is 23.2. The van der Waals surface area contributed by atoms with Crippen molar-refractivity contribution in [1.82, 2.24) is 10.2 Å². The summed E-state index contributed by atoms with van der Waals surface area (Å²) in [6.07, 6.45) is 21.2. The summed E-state index contributed by atoms with van der Waals surface area (Å²) in [6.45, 7) is 2.61. The summed E-state index contributed by atoms with van der Waals surface area (Å²) < 4.78 is 0. The van der Waals surface area contributed by atoms with Gasteiger partial charge in [-0.1, -0.05) is 89.9 Å². The van der Waals surface area contributed by atoms with E-state index in [0.717, 1.165) is 32.1 Å². The van der Waals surface area contributed by atoms with Gasteiger partial charge in [-0.3, -0.25) is 19.2 Å². The summed E-state index contributed by atoms with van der Waals surface area (Å²) in [5.41, 5.74) is 0. The van der Waals surface area contributed by atoms with E-state index in [2.05, 4.69) is 5.32 Å². The Morgan fingerprint density at radius 1 is 0.676 bits per heavy atom. The maximum Gasteiger partial charge on any atom is 0.325 e. The molecular weight excluding hydrogens is 472 g/mol. The van der Waals surface area contributed by atoms with Crippen molar-refractivity contribution < 1.29 is 29.4 Å². The molecule has 1 aliphatic heterocycles. The SMILES string of the molecule is CC(NC(=O)C1CCN(C(=O)CCCCCCCCCCCCCCCCCCC(=O)O)CC1)C(=O)O. The third kappa shape index (κ3) is 17.1. The summed E-state index contributed by atoms with van der Waals surface area (Å²) in [6, 6.07) is -0.886. The number of amides is 2. The fraction of sp³-hybridized carbons (Fsp3) is 0.862. The van der Waals surface area contributed by atoms with Crippen LogP contribution < -0.4 is 5.32 Å². The molecule has 0 aromatic rings. The van der Waals surface area contributed by atoms with Crippen molar-refractivity contribution in [2.45, 2.75) is 141 Å². The highest BCUT2D eigenvalue weighted by molar-refractivity contribution is 5.85. The van der Waals surface area contributed by atoms with Crippen molar-refractivity contribution in [2.75, 3.05) is 13.1 Å². The van der Waals surface area contributed by atoms with Crippen LogP contribution in [-0.4, -0.2) is 58.0 Å². The zero-order valence-electron chi connectivity index (χ0n) is 23.2. The number of hydrogen-bond donors (Lipinski definition) is 3. The minimum Gasteiger partial charge on any atom is -0.481 e. The first-order chi connectivity index (χ1) is 17.8. The number of carboxylic acids is 2. The van der Waals surface area contributed by atoms with E-state index in [1.165, 1.54) is 77.6 Å². The van der Waals surface area contributed by atoms with Crippen LogP contribution in [0, 0.1) is 5.92 Å². The Morgan fingerprint density at radius 2 is 1.05 bits per heavy atom. The van der Waals surface area contributed by atoms with E-state index < -0.39 is 18.0 Å². The van der Waals surface area contributed by atoms with Gasteiger partial charge in [-0.2, -0.15) is 0 Å². The summed E-state index contributed by atoms with van der Waals surface area (Å²) in [4.78, 5) is 47.8. The second kappa shape index (κ2) is 20.9. The van der Waals surface area contributed by atoms with Gasteiger partial charge in [0.1, 0.15) is 6.04 Å². The maximum absolute atomic E-state index is 12.5. The highest BCUT2D eigenvalue weighted by Gasteiger charge is 2.28. The van der Waals surface area contributed by atoms with Crippen molar-refractivity contribution in [1.29, 1.82) is 0 Å². The summed E-state index contributed by atoms with van der Waals surface area (Å²) in [7, 11) is 0. The number of carboxylic acid groups (broad SMARTS) is 2. The third-order valence-electron chi connectivity index (χ3n) is 7.48. The maximum atomic E-state index is 12.5. The lowest BCUT2D eigenvalue weighted by Gasteiger charge is -2.31. The van der Waals surface area contributed by atoms with Crippen LogP contribution in [0.5, 0.6) is 0 Å². The van der Waals surface area contributed by atoms with E-state index >= 15 is 0 Å². The van der Waals surface area contributed by atoms with Gasteiger partial charge >= 0.3 is 11.9 Å². The Kier molecular flexibility index (Phi) is 18.6. The molecule has 1 aliphatic rings. The molecule has 214 valence electrons. The minimum atomic E-state index is -1.04. The third-order valence-corrected chi connectivity index (χ3v) is 7.48. The number of carbonyl (C=O) groups excluding carboxylic acids is 2. The van der Waals surface area contributed by atoms with Crippen molar-refractivity contribution in [2.24, 2.45) is 5.92 Å². The first kappa shape index (κ1) is 32.9. The fourth-order valence-corrected chi connectivity index (χ4v) is 4.97. The molecule has 2 amide bonds. The molecule has 3 N–H and O–H groups in total. The predicted molar refractivity (Wildman–Crippen MR) is 145 cm³/mol. The number of piperidine rings is 1. The van der Waals surface area contributed by atoms with Crippen molar-refractivity contribution >= 4 is 23.8 Å². The Hall–Kier alpha value is -2.12. The number of carbonyl (C=O) groups is 4. The van der Waals surface area contributed by atoms with Crippen molar-refractivity contribution in [3.8, 4) is 0 Å². The Bertz CT molecular complexity index is 661. The summed E-state index contributed by atoms with van der Waals surface area (Å²) >= 11 is 0. The molecule has 1 fully saturated rings. The smallest absolute Gasteiger partial charge is 0.325 e. The predicted octanol–water partition coefficient (Wildman–Crippen LogP) is 5.92. The molecule has 1 saturated heterocycles. The van der Waals surface area contributed by atoms with Gasteiger partial charge in [-0.25, -0.2) is 0 Å². The number of hydrogen-bond acceptors (Lipinski definition) is 4. The van der Waals surface area contributed by atoms with Crippen LogP contribution in [0.25, 0.3) is 0 Å². The van der Waals surface area contributed by atoms with Gasteiger partial charge < -0.3 is 20.4 Å². The molecule has 1 unspecified atom stereocenters. The van der Waals surface area contributed by atoms with E-state index in [0.29, 0.717) is 38.8 Å². The van der Waals surface area contributed by atoms with Crippen LogP contribution in [0.15, 0.2) is 0 Å². The molecule has 0 aromatic heterocycles. The number of unbranched alkanes of at least 4 members (excludes halogenated alkanes) is 15. The van der Waals surface area contributed by atoms with Crippen LogP contribution in [0.1, 0.15) is 135 Å². The number of rotatable bonds is 22. The topological polar surface area (TPSA) is 124 Å². The first-order valence-corrected chi connectivity index (χ1v) is 14.8. The molecule has 1 atom stereocenters. The van der Waals surface area contributed by atoms with Crippen molar-refractivity contribution in [3.63, 3.8) is 0 Å². The van der Waals surface area contributed by atoms with Gasteiger partial charge in [0.05, 0.1) is 0 Å². The Labute approximate surface area is 223 Å². The minimum absolute atomic E-state index is 0.177. The summed E-state index contributed by atoms with van der Waals surface area (Å²) in [5.74, 6) is -1.98. The molecule has 37 heavy (non-hydrogen) atoms. The van der Waals surface area contributed by atoms with Crippen LogP contribution in [0.4, 0.5) is 0 Å². The Morgan fingerprint density at radius 3 is 1.43 bits per heavy atom. The summed E-state index contributed by atoms with van der Waals surface area (Å²) in [5, 5.41) is 20.1. The Balaban J connectivity index is 1.87. The first-order valence-electron chi connectivity index (χ1n) is 14.8. The molecule has 0 saturated carbocycles. The van der Waals surface area contributed by atoms with Gasteiger partial charge in [0.25, 0.3) is 0 Å². The lowest BCUT2D eigenvalue weighted by molar-refractivity contribution is -0.142. The van der Waals surface area contributed by atoms with Gasteiger partial charge in [0.2, 0.25) is 11.8 Å². The molecule has 0 bridgehead atoms. The lowest BCUT2D eigenvalue weighted by Crippen LogP contribution is -2.46. The van der Waals surface area contributed by atoms with E-state index in [1.54, 1.807) is 0 Å². The molecular formula is C29H52N2O6. The fourth-order valence-electron chi connectivity index (χ4n) is 4.97. The average molecular weight is 525 g/mol. The lowest BCUT2D eigenvalue weighted by atomic mass is 9.95. The van der Waals surface area contributed by atoms with Crippen molar-refractivity contribution in [3.05, 3.63) is 0 Å². The number of nitrogens with one attached hydrogen (secondary N) is 1. The monoisotopic (exact) mass is 524 g/mol. The van der Waals surface area contributed by atoms with Crippen LogP contribution in [-0.2, 0) is 19.2 Å². The second-order valence-electron chi connectivity index (χ2n) is 10.8. The quantitative estimate of drug-likeness (QED) is 0.151. The molecule has 8 heteroatoms. The molecule has 0 spiro atoms. The average Bonchev–Trinajstić information content (AvgIpc) is 2.87. The number of aliphatic carboxylic acids is 2. The molecule has 1 heterocycles.